The summed E-state index contributed by atoms with van der Waals surface area (Å²) < 4.78 is 12.1. The van der Waals surface area contributed by atoms with Crippen molar-refractivity contribution in [3.63, 3.8) is 0 Å². The van der Waals surface area contributed by atoms with E-state index in [-0.39, 0.29) is 36.4 Å². The molecule has 4 rings (SSSR count). The van der Waals surface area contributed by atoms with E-state index in [1.807, 2.05) is 6.08 Å². The van der Waals surface area contributed by atoms with Gasteiger partial charge in [-0.15, -0.1) is 0 Å². The molecular formula is C31H45NO4. The average Bonchev–Trinajstić information content (AvgIpc) is 3.58. The maximum Gasteiger partial charge on any atom is 0.243 e. The number of rotatable bonds is 3. The van der Waals surface area contributed by atoms with E-state index in [4.69, 9.17) is 9.47 Å². The molecule has 3 heterocycles. The lowest BCUT2D eigenvalue weighted by molar-refractivity contribution is -0.117. The molecule has 1 fully saturated rings. The van der Waals surface area contributed by atoms with Gasteiger partial charge in [0.05, 0.1) is 31.0 Å². The number of aliphatic hydroxyl groups excluding tert-OH is 1. The summed E-state index contributed by atoms with van der Waals surface area (Å²) in [7, 11) is 0. The number of ether oxygens (including phenoxy) is 2. The molecule has 0 aromatic heterocycles. The van der Waals surface area contributed by atoms with Crippen LogP contribution in [-0.4, -0.2) is 48.1 Å². The third-order valence-corrected chi connectivity index (χ3v) is 8.00. The lowest BCUT2D eigenvalue weighted by Crippen LogP contribution is -2.34. The molecule has 1 unspecified atom stereocenters. The van der Waals surface area contributed by atoms with Gasteiger partial charge in [0.2, 0.25) is 5.91 Å². The van der Waals surface area contributed by atoms with Gasteiger partial charge in [-0.3, -0.25) is 4.79 Å². The maximum atomic E-state index is 12.8. The summed E-state index contributed by atoms with van der Waals surface area (Å²) in [6.07, 6.45) is 22.1. The number of fused-ring (bicyclic) bond motifs is 3. The number of aliphatic hydroxyl groups is 1. The highest BCUT2D eigenvalue weighted by molar-refractivity contribution is 5.87. The Labute approximate surface area is 217 Å². The van der Waals surface area contributed by atoms with Crippen molar-refractivity contribution in [2.45, 2.75) is 102 Å². The molecule has 4 aliphatic rings. The van der Waals surface area contributed by atoms with Gasteiger partial charge in [-0.2, -0.15) is 0 Å². The van der Waals surface area contributed by atoms with Crippen LogP contribution in [0.4, 0.5) is 0 Å². The van der Waals surface area contributed by atoms with Crippen molar-refractivity contribution in [3.05, 3.63) is 60.3 Å². The molecule has 3 aliphatic heterocycles. The zero-order chi connectivity index (χ0) is 25.5. The fourth-order valence-corrected chi connectivity index (χ4v) is 6.01. The minimum absolute atomic E-state index is 0.0165. The summed E-state index contributed by atoms with van der Waals surface area (Å²) in [5.41, 5.74) is 2.50. The second kappa shape index (κ2) is 13.0. The van der Waals surface area contributed by atoms with E-state index in [2.05, 4.69) is 56.1 Å². The Hall–Kier alpha value is -1.95. The predicted octanol–water partition coefficient (Wildman–Crippen LogP) is 5.58. The minimum Gasteiger partial charge on any atom is -0.392 e. The first kappa shape index (κ1) is 27.1. The van der Waals surface area contributed by atoms with Crippen LogP contribution in [0.15, 0.2) is 60.3 Å². The van der Waals surface area contributed by atoms with Gasteiger partial charge in [-0.1, -0.05) is 61.1 Å². The van der Waals surface area contributed by atoms with Gasteiger partial charge >= 0.3 is 0 Å². The summed E-state index contributed by atoms with van der Waals surface area (Å²) in [5.74, 6) is 1.16. The van der Waals surface area contributed by atoms with E-state index in [0.717, 1.165) is 50.5 Å². The summed E-state index contributed by atoms with van der Waals surface area (Å²) in [6, 6.07) is 0.0399. The number of hydrogen-bond donors (Lipinski definition) is 2. The number of carbonyl (C=O) groups excluding carboxylic acids is 1. The quantitative estimate of drug-likeness (QED) is 0.502. The maximum absolute atomic E-state index is 12.8. The second-order valence-corrected chi connectivity index (χ2v) is 11.6. The molecule has 0 radical (unpaired) electrons. The van der Waals surface area contributed by atoms with Crippen LogP contribution in [0.2, 0.25) is 0 Å². The highest BCUT2D eigenvalue weighted by Crippen LogP contribution is 2.46. The van der Waals surface area contributed by atoms with Crippen molar-refractivity contribution < 1.29 is 19.4 Å². The fraction of sp³-hybridized carbons (Fsp3) is 0.645. The Morgan fingerprint density at radius 2 is 2.03 bits per heavy atom. The molecule has 1 saturated carbocycles. The standard InChI is InChI=1S/C31H45NO4/c1-21-13-14-35-27(16-21)10-4-7-25-19-24-20-29(24)30(33)18-23(3)15-22(2)17-28-11-5-8-26(36-28)9-6-12-31(34)32-25/h4-6,8,10,12-13,22,24-30,33H,3,7,9,11,14-20H2,1-2H3,(H,32,34)/t22-,24+,25+,26-,27+,28-,29?,30-/m0/s1. The van der Waals surface area contributed by atoms with Crippen molar-refractivity contribution in [2.75, 3.05) is 6.61 Å². The average molecular weight is 496 g/mol. The van der Waals surface area contributed by atoms with Crippen molar-refractivity contribution in [1.29, 1.82) is 0 Å². The second-order valence-electron chi connectivity index (χ2n) is 11.6. The molecule has 2 bridgehead atoms. The third-order valence-electron chi connectivity index (χ3n) is 8.00. The summed E-state index contributed by atoms with van der Waals surface area (Å²) in [4.78, 5) is 12.8. The predicted molar refractivity (Wildman–Crippen MR) is 144 cm³/mol. The smallest absolute Gasteiger partial charge is 0.243 e. The van der Waals surface area contributed by atoms with Gasteiger partial charge in [0, 0.05) is 6.04 Å². The van der Waals surface area contributed by atoms with Crippen LogP contribution in [0, 0.1) is 17.8 Å². The summed E-state index contributed by atoms with van der Waals surface area (Å²) in [5, 5.41) is 14.1. The number of nitrogens with one attached hydrogen (secondary N) is 1. The van der Waals surface area contributed by atoms with E-state index in [1.54, 1.807) is 6.08 Å². The van der Waals surface area contributed by atoms with Crippen LogP contribution in [0.1, 0.15) is 71.6 Å². The Morgan fingerprint density at radius 3 is 2.86 bits per heavy atom. The molecule has 5 heteroatoms. The molecule has 2 N–H and O–H groups in total. The van der Waals surface area contributed by atoms with Crippen LogP contribution in [-0.2, 0) is 14.3 Å². The summed E-state index contributed by atoms with van der Waals surface area (Å²) >= 11 is 0. The van der Waals surface area contributed by atoms with Crippen LogP contribution < -0.4 is 5.32 Å². The van der Waals surface area contributed by atoms with Crippen molar-refractivity contribution in [1.82, 2.24) is 5.32 Å². The van der Waals surface area contributed by atoms with Gasteiger partial charge in [0.15, 0.2) is 0 Å². The molecule has 1 aliphatic carbocycles. The highest BCUT2D eigenvalue weighted by atomic mass is 16.5. The first-order chi connectivity index (χ1) is 17.4. The van der Waals surface area contributed by atoms with Crippen molar-refractivity contribution in [3.8, 4) is 0 Å². The fourth-order valence-electron chi connectivity index (χ4n) is 6.01. The summed E-state index contributed by atoms with van der Waals surface area (Å²) in [6.45, 7) is 9.35. The van der Waals surface area contributed by atoms with Crippen LogP contribution in [0.25, 0.3) is 0 Å². The minimum atomic E-state index is -0.344. The molecule has 198 valence electrons. The van der Waals surface area contributed by atoms with E-state index >= 15 is 0 Å². The molecule has 0 saturated heterocycles. The van der Waals surface area contributed by atoms with Gasteiger partial charge < -0.3 is 19.9 Å². The Bertz CT molecular complexity index is 887. The van der Waals surface area contributed by atoms with Crippen LogP contribution >= 0.6 is 0 Å². The normalized spacial score (nSPS) is 38.6. The van der Waals surface area contributed by atoms with E-state index in [9.17, 15) is 9.90 Å². The lowest BCUT2D eigenvalue weighted by atomic mass is 9.90. The number of hydrogen-bond acceptors (Lipinski definition) is 4. The Balaban J connectivity index is 1.40. The van der Waals surface area contributed by atoms with Gasteiger partial charge in [0.1, 0.15) is 0 Å². The Kier molecular flexibility index (Phi) is 9.80. The van der Waals surface area contributed by atoms with Crippen LogP contribution in [0.5, 0.6) is 0 Å². The first-order valence-electron chi connectivity index (χ1n) is 13.9. The van der Waals surface area contributed by atoms with Gasteiger partial charge in [-0.05, 0) is 88.5 Å². The molecule has 5 nitrogen and oxygen atoms in total. The lowest BCUT2D eigenvalue weighted by Gasteiger charge is -2.28. The van der Waals surface area contributed by atoms with Crippen molar-refractivity contribution in [2.24, 2.45) is 17.8 Å². The largest absolute Gasteiger partial charge is 0.392 e. The highest BCUT2D eigenvalue weighted by Gasteiger charge is 2.43. The molecule has 1 amide bonds. The molecule has 0 aromatic carbocycles. The molecule has 0 aromatic rings. The SMILES string of the molecule is C=C1C[C@H](C)C[C@@H]2CC=C[C@@H](CC=CC(=O)N[C@H](CC=C[C@@H]3CC(C)=CCO3)C[C@@H]3CC3[C@@H](O)C1)O2. The molecule has 8 atom stereocenters. The van der Waals surface area contributed by atoms with Crippen molar-refractivity contribution >= 4 is 5.91 Å². The van der Waals surface area contributed by atoms with Gasteiger partial charge in [-0.25, -0.2) is 0 Å². The zero-order valence-corrected chi connectivity index (χ0v) is 22.1. The zero-order valence-electron chi connectivity index (χ0n) is 22.1. The van der Waals surface area contributed by atoms with E-state index < -0.39 is 0 Å². The van der Waals surface area contributed by atoms with Gasteiger partial charge in [0.25, 0.3) is 0 Å². The third kappa shape index (κ3) is 8.57. The molecule has 0 spiro atoms. The monoisotopic (exact) mass is 495 g/mol. The van der Waals surface area contributed by atoms with E-state index in [0.29, 0.717) is 37.2 Å². The topological polar surface area (TPSA) is 67.8 Å². The van der Waals surface area contributed by atoms with E-state index in [1.165, 1.54) is 5.57 Å². The number of amides is 1. The Morgan fingerprint density at radius 1 is 1.17 bits per heavy atom. The molecular weight excluding hydrogens is 450 g/mol. The number of carbonyl (C=O) groups is 1. The molecule has 36 heavy (non-hydrogen) atoms. The van der Waals surface area contributed by atoms with Crippen LogP contribution in [0.3, 0.4) is 0 Å². The first-order valence-corrected chi connectivity index (χ1v) is 13.9.